The molecular weight excluding hydrogens is 308 g/mol. The lowest BCUT2D eigenvalue weighted by molar-refractivity contribution is -0.314. The molecule has 3 saturated heterocycles. The van der Waals surface area contributed by atoms with Crippen molar-refractivity contribution in [3.05, 3.63) is 30.3 Å². The Hall–Kier alpha value is -2.08. The zero-order chi connectivity index (χ0) is 16.7. The molecule has 6 nitrogen and oxygen atoms in total. The highest BCUT2D eigenvalue weighted by atomic mass is 16.5. The van der Waals surface area contributed by atoms with Crippen molar-refractivity contribution in [3.63, 3.8) is 0 Å². The molecule has 3 aliphatic rings. The van der Waals surface area contributed by atoms with Gasteiger partial charge in [-0.05, 0) is 25.0 Å². The van der Waals surface area contributed by atoms with Crippen LogP contribution in [0.1, 0.15) is 12.8 Å². The van der Waals surface area contributed by atoms with Gasteiger partial charge in [-0.25, -0.2) is 0 Å². The number of rotatable bonds is 3. The zero-order valence-electron chi connectivity index (χ0n) is 13.5. The lowest BCUT2D eigenvalue weighted by Gasteiger charge is -2.39. The number of carboxylic acid groups (broad SMARTS) is 1. The fourth-order valence-corrected chi connectivity index (χ4v) is 4.33. The van der Waals surface area contributed by atoms with Gasteiger partial charge in [0.2, 0.25) is 5.91 Å². The number of benzene rings is 1. The van der Waals surface area contributed by atoms with Crippen molar-refractivity contribution in [1.82, 2.24) is 4.90 Å². The van der Waals surface area contributed by atoms with Crippen LogP contribution in [-0.2, 0) is 14.3 Å². The number of hydrogen-bond acceptors (Lipinski definition) is 5. The minimum atomic E-state index is -1.15. The zero-order valence-corrected chi connectivity index (χ0v) is 13.5. The molecule has 128 valence electrons. The van der Waals surface area contributed by atoms with Crippen LogP contribution in [0.3, 0.4) is 0 Å². The third-order valence-corrected chi connectivity index (χ3v) is 5.54. The normalized spacial score (nSPS) is 32.2. The van der Waals surface area contributed by atoms with Crippen LogP contribution in [0.2, 0.25) is 0 Å². The van der Waals surface area contributed by atoms with Crippen molar-refractivity contribution in [2.24, 2.45) is 11.8 Å². The van der Waals surface area contributed by atoms with Crippen molar-refractivity contribution in [2.75, 3.05) is 31.1 Å². The fourth-order valence-electron chi connectivity index (χ4n) is 4.33. The molecule has 0 N–H and O–H groups in total. The second-order valence-electron chi connectivity index (χ2n) is 6.81. The predicted molar refractivity (Wildman–Crippen MR) is 85.1 cm³/mol. The van der Waals surface area contributed by atoms with E-state index in [0.717, 1.165) is 31.6 Å². The van der Waals surface area contributed by atoms with E-state index in [1.54, 1.807) is 4.90 Å². The smallest absolute Gasteiger partial charge is 0.229 e. The summed E-state index contributed by atoms with van der Waals surface area (Å²) in [6.45, 7) is 2.74. The van der Waals surface area contributed by atoms with Gasteiger partial charge in [0.05, 0.1) is 18.1 Å². The summed E-state index contributed by atoms with van der Waals surface area (Å²) >= 11 is 0. The van der Waals surface area contributed by atoms with Gasteiger partial charge in [-0.2, -0.15) is 0 Å². The first-order chi connectivity index (χ1) is 11.6. The van der Waals surface area contributed by atoms with Crippen LogP contribution < -0.4 is 10.0 Å². The molecule has 1 aromatic carbocycles. The van der Waals surface area contributed by atoms with Crippen LogP contribution in [0.15, 0.2) is 30.3 Å². The van der Waals surface area contributed by atoms with Gasteiger partial charge >= 0.3 is 0 Å². The first-order valence-electron chi connectivity index (χ1n) is 8.60. The maximum Gasteiger partial charge on any atom is 0.229 e. The van der Waals surface area contributed by atoms with Gasteiger partial charge in [-0.1, -0.05) is 18.2 Å². The number of amides is 1. The van der Waals surface area contributed by atoms with E-state index in [0.29, 0.717) is 13.1 Å². The minimum absolute atomic E-state index is 0.0795. The van der Waals surface area contributed by atoms with E-state index < -0.39 is 17.8 Å². The number of anilines is 1. The second-order valence-corrected chi connectivity index (χ2v) is 6.81. The number of aliphatic carboxylic acids is 1. The quantitative estimate of drug-likeness (QED) is 0.773. The van der Waals surface area contributed by atoms with Gasteiger partial charge in [0, 0.05) is 43.8 Å². The molecule has 4 rings (SSSR count). The van der Waals surface area contributed by atoms with Crippen molar-refractivity contribution < 1.29 is 19.4 Å². The van der Waals surface area contributed by atoms with Crippen molar-refractivity contribution >= 4 is 17.6 Å². The Morgan fingerprint density at radius 3 is 2.21 bits per heavy atom. The molecule has 1 aromatic rings. The Bertz CT molecular complexity index is 627. The van der Waals surface area contributed by atoms with Crippen molar-refractivity contribution in [3.8, 4) is 0 Å². The third kappa shape index (κ3) is 2.55. The van der Waals surface area contributed by atoms with Crippen LogP contribution in [-0.4, -0.2) is 55.2 Å². The molecule has 0 aliphatic carbocycles. The van der Waals surface area contributed by atoms with Gasteiger partial charge in [-0.15, -0.1) is 0 Å². The summed E-state index contributed by atoms with van der Waals surface area (Å²) in [6, 6.07) is 10.1. The lowest BCUT2D eigenvalue weighted by Crippen LogP contribution is -2.54. The molecule has 0 aromatic heterocycles. The Morgan fingerprint density at radius 1 is 0.958 bits per heavy atom. The number of ether oxygens (including phenoxy) is 1. The Labute approximate surface area is 141 Å². The molecule has 1 amide bonds. The summed E-state index contributed by atoms with van der Waals surface area (Å²) in [7, 11) is 0. The first kappa shape index (κ1) is 15.4. The Balaban J connectivity index is 1.42. The largest absolute Gasteiger partial charge is 0.550 e. The van der Waals surface area contributed by atoms with E-state index in [2.05, 4.69) is 17.0 Å². The van der Waals surface area contributed by atoms with Crippen LogP contribution in [0.5, 0.6) is 0 Å². The Kier molecular flexibility index (Phi) is 3.92. The van der Waals surface area contributed by atoms with Gasteiger partial charge in [0.1, 0.15) is 0 Å². The molecule has 0 radical (unpaired) electrons. The van der Waals surface area contributed by atoms with Gasteiger partial charge in [0.25, 0.3) is 0 Å². The number of hydrogen-bond donors (Lipinski definition) is 0. The lowest BCUT2D eigenvalue weighted by atomic mass is 9.78. The third-order valence-electron chi connectivity index (χ3n) is 5.54. The maximum atomic E-state index is 12.9. The van der Waals surface area contributed by atoms with Crippen LogP contribution >= 0.6 is 0 Å². The molecule has 0 spiro atoms. The average molecular weight is 329 g/mol. The number of carbonyl (C=O) groups excluding carboxylic acids is 2. The number of carboxylic acids is 1. The highest BCUT2D eigenvalue weighted by Crippen LogP contribution is 2.44. The van der Waals surface area contributed by atoms with Crippen molar-refractivity contribution in [1.29, 1.82) is 0 Å². The first-order valence-corrected chi connectivity index (χ1v) is 8.60. The maximum absolute atomic E-state index is 12.9. The molecule has 4 unspecified atom stereocenters. The van der Waals surface area contributed by atoms with Crippen LogP contribution in [0, 0.1) is 11.8 Å². The van der Waals surface area contributed by atoms with Crippen molar-refractivity contribution in [2.45, 2.75) is 25.0 Å². The molecule has 3 fully saturated rings. The predicted octanol–water partition coefficient (Wildman–Crippen LogP) is -0.121. The SMILES string of the molecule is O=C([O-])C1C2CCC(O2)C1C(=O)N1CCN(c2ccccc2)CC1. The number of nitrogens with zero attached hydrogens (tertiary/aromatic N) is 2. The monoisotopic (exact) mass is 329 g/mol. The van der Waals surface area contributed by atoms with E-state index >= 15 is 0 Å². The standard InChI is InChI=1S/C18H22N2O4/c21-17(15-13-6-7-14(24-13)16(15)18(22)23)20-10-8-19(9-11-20)12-4-2-1-3-5-12/h1-5,13-16H,6-11H2,(H,22,23)/p-1. The van der Waals surface area contributed by atoms with Crippen LogP contribution in [0.25, 0.3) is 0 Å². The molecule has 0 saturated carbocycles. The molecule has 4 atom stereocenters. The number of fused-ring (bicyclic) bond motifs is 2. The molecule has 6 heteroatoms. The molecule has 3 aliphatic heterocycles. The van der Waals surface area contributed by atoms with Gasteiger partial charge in [-0.3, -0.25) is 4.79 Å². The highest BCUT2D eigenvalue weighted by Gasteiger charge is 2.53. The summed E-state index contributed by atoms with van der Waals surface area (Å²) in [5.74, 6) is -2.59. The summed E-state index contributed by atoms with van der Waals surface area (Å²) in [4.78, 5) is 28.4. The van der Waals surface area contributed by atoms with Gasteiger partial charge < -0.3 is 24.4 Å². The fraction of sp³-hybridized carbons (Fsp3) is 0.556. The highest BCUT2D eigenvalue weighted by molar-refractivity contribution is 5.86. The van der Waals surface area contributed by atoms with Gasteiger partial charge in [0.15, 0.2) is 0 Å². The average Bonchev–Trinajstić information content (AvgIpc) is 3.23. The minimum Gasteiger partial charge on any atom is -0.550 e. The summed E-state index contributed by atoms with van der Waals surface area (Å²) in [5, 5.41) is 11.5. The van der Waals surface area contributed by atoms with E-state index in [9.17, 15) is 14.7 Å². The number of carbonyl (C=O) groups is 2. The second kappa shape index (κ2) is 6.09. The molecule has 2 bridgehead atoms. The molecular formula is C18H21N2O4-. The summed E-state index contributed by atoms with van der Waals surface area (Å²) in [5.41, 5.74) is 1.15. The molecule has 24 heavy (non-hydrogen) atoms. The Morgan fingerprint density at radius 2 is 1.58 bits per heavy atom. The number of para-hydroxylation sites is 1. The van der Waals surface area contributed by atoms with E-state index in [-0.39, 0.29) is 18.1 Å². The van der Waals surface area contributed by atoms with E-state index in [4.69, 9.17) is 4.74 Å². The summed E-state index contributed by atoms with van der Waals surface area (Å²) in [6.07, 6.45) is 0.890. The van der Waals surface area contributed by atoms with E-state index in [1.165, 1.54) is 0 Å². The van der Waals surface area contributed by atoms with E-state index in [1.807, 2.05) is 18.2 Å². The summed E-state index contributed by atoms with van der Waals surface area (Å²) < 4.78 is 5.68. The number of piperazine rings is 1. The molecule has 3 heterocycles. The van der Waals surface area contributed by atoms with Crippen LogP contribution in [0.4, 0.5) is 5.69 Å². The topological polar surface area (TPSA) is 72.9 Å².